The van der Waals surface area contributed by atoms with Gasteiger partial charge in [0.05, 0.1) is 0 Å². The van der Waals surface area contributed by atoms with E-state index in [0.717, 1.165) is 12.8 Å². The van der Waals surface area contributed by atoms with Crippen LogP contribution in [0.15, 0.2) is 12.7 Å². The summed E-state index contributed by atoms with van der Waals surface area (Å²) in [4.78, 5) is 23.7. The summed E-state index contributed by atoms with van der Waals surface area (Å²) in [5, 5.41) is 0. The number of ether oxygens (including phenoxy) is 2. The lowest BCUT2D eigenvalue weighted by atomic mass is 10.0. The molecule has 0 saturated carbocycles. The highest BCUT2D eigenvalue weighted by Gasteiger charge is 2.31. The molecule has 0 aliphatic carbocycles. The van der Waals surface area contributed by atoms with Crippen molar-refractivity contribution in [2.75, 3.05) is 6.61 Å². The van der Waals surface area contributed by atoms with Crippen LogP contribution in [-0.2, 0) is 19.1 Å². The van der Waals surface area contributed by atoms with E-state index in [2.05, 4.69) is 6.58 Å². The first kappa shape index (κ1) is 16.7. The van der Waals surface area contributed by atoms with Crippen molar-refractivity contribution >= 4 is 11.9 Å². The maximum atomic E-state index is 11.9. The Kier molecular flexibility index (Phi) is 7.32. The standard InChI is InChI=1S/C14H24O4/c1-6-8-9-11(12(15)17-10-7-2)13(16)18-14(3,4)5/h7,11H,2,6,8-10H2,1,3-5H3. The van der Waals surface area contributed by atoms with E-state index in [-0.39, 0.29) is 6.61 Å². The van der Waals surface area contributed by atoms with Crippen molar-refractivity contribution in [2.45, 2.75) is 52.6 Å². The van der Waals surface area contributed by atoms with E-state index in [9.17, 15) is 9.59 Å². The normalized spacial score (nSPS) is 12.7. The zero-order chi connectivity index (χ0) is 14.2. The molecule has 0 aliphatic rings. The number of esters is 2. The fraction of sp³-hybridized carbons (Fsp3) is 0.714. The van der Waals surface area contributed by atoms with Gasteiger partial charge in [-0.15, -0.1) is 0 Å². The molecule has 0 N–H and O–H groups in total. The Morgan fingerprint density at radius 2 is 1.89 bits per heavy atom. The lowest BCUT2D eigenvalue weighted by molar-refractivity contribution is -0.169. The second-order valence-corrected chi connectivity index (χ2v) is 5.15. The van der Waals surface area contributed by atoms with Crippen LogP contribution in [0.25, 0.3) is 0 Å². The number of unbranched alkanes of at least 4 members (excludes halogenated alkanes) is 1. The van der Waals surface area contributed by atoms with Crippen LogP contribution in [0.2, 0.25) is 0 Å². The van der Waals surface area contributed by atoms with Gasteiger partial charge in [-0.25, -0.2) is 0 Å². The smallest absolute Gasteiger partial charge is 0.320 e. The summed E-state index contributed by atoms with van der Waals surface area (Å²) in [6, 6.07) is 0. The molecule has 0 amide bonds. The maximum Gasteiger partial charge on any atom is 0.320 e. The van der Waals surface area contributed by atoms with Crippen molar-refractivity contribution in [1.82, 2.24) is 0 Å². The summed E-state index contributed by atoms with van der Waals surface area (Å²) < 4.78 is 10.2. The summed E-state index contributed by atoms with van der Waals surface area (Å²) >= 11 is 0. The van der Waals surface area contributed by atoms with E-state index in [1.165, 1.54) is 6.08 Å². The molecule has 0 bridgehead atoms. The average molecular weight is 256 g/mol. The van der Waals surface area contributed by atoms with Crippen LogP contribution in [0.5, 0.6) is 0 Å². The average Bonchev–Trinajstić information content (AvgIpc) is 2.24. The fourth-order valence-corrected chi connectivity index (χ4v) is 1.35. The Hall–Kier alpha value is -1.32. The van der Waals surface area contributed by atoms with Gasteiger partial charge in [0.15, 0.2) is 5.92 Å². The molecular weight excluding hydrogens is 232 g/mol. The van der Waals surface area contributed by atoms with Gasteiger partial charge in [-0.2, -0.15) is 0 Å². The van der Waals surface area contributed by atoms with Gasteiger partial charge in [0.1, 0.15) is 12.2 Å². The van der Waals surface area contributed by atoms with Crippen LogP contribution < -0.4 is 0 Å². The Bertz CT molecular complexity index is 289. The molecule has 1 unspecified atom stereocenters. The van der Waals surface area contributed by atoms with Crippen LogP contribution in [-0.4, -0.2) is 24.1 Å². The van der Waals surface area contributed by atoms with E-state index in [4.69, 9.17) is 9.47 Å². The number of hydrogen-bond donors (Lipinski definition) is 0. The number of carbonyl (C=O) groups excluding carboxylic acids is 2. The van der Waals surface area contributed by atoms with Crippen molar-refractivity contribution in [3.05, 3.63) is 12.7 Å². The molecule has 18 heavy (non-hydrogen) atoms. The molecule has 0 fully saturated rings. The lowest BCUT2D eigenvalue weighted by Crippen LogP contribution is -2.33. The van der Waals surface area contributed by atoms with E-state index >= 15 is 0 Å². The number of rotatable bonds is 7. The molecule has 0 saturated heterocycles. The van der Waals surface area contributed by atoms with E-state index in [1.54, 1.807) is 20.8 Å². The molecule has 1 atom stereocenters. The van der Waals surface area contributed by atoms with Crippen molar-refractivity contribution in [2.24, 2.45) is 5.92 Å². The van der Waals surface area contributed by atoms with E-state index in [1.807, 2.05) is 6.92 Å². The molecule has 4 nitrogen and oxygen atoms in total. The van der Waals surface area contributed by atoms with Crippen LogP contribution in [0, 0.1) is 5.92 Å². The molecule has 0 radical (unpaired) electrons. The third-order valence-electron chi connectivity index (χ3n) is 2.17. The lowest BCUT2D eigenvalue weighted by Gasteiger charge is -2.23. The predicted molar refractivity (Wildman–Crippen MR) is 70.0 cm³/mol. The summed E-state index contributed by atoms with van der Waals surface area (Å²) in [5.74, 6) is -1.87. The first-order chi connectivity index (χ1) is 8.31. The highest BCUT2D eigenvalue weighted by molar-refractivity contribution is 5.95. The third-order valence-corrected chi connectivity index (χ3v) is 2.17. The SMILES string of the molecule is C=CCOC(=O)C(CCCC)C(=O)OC(C)(C)C. The van der Waals surface area contributed by atoms with Crippen molar-refractivity contribution < 1.29 is 19.1 Å². The third kappa shape index (κ3) is 7.09. The monoisotopic (exact) mass is 256 g/mol. The first-order valence-corrected chi connectivity index (χ1v) is 6.32. The molecule has 0 aromatic rings. The summed E-state index contributed by atoms with van der Waals surface area (Å²) in [6.07, 6.45) is 3.63. The highest BCUT2D eigenvalue weighted by Crippen LogP contribution is 2.17. The molecule has 4 heteroatoms. The van der Waals surface area contributed by atoms with Crippen LogP contribution in [0.4, 0.5) is 0 Å². The van der Waals surface area contributed by atoms with Gasteiger partial charge in [0.25, 0.3) is 0 Å². The number of carbonyl (C=O) groups is 2. The van der Waals surface area contributed by atoms with Crippen LogP contribution in [0.3, 0.4) is 0 Å². The Morgan fingerprint density at radius 3 is 2.33 bits per heavy atom. The van der Waals surface area contributed by atoms with Gasteiger partial charge in [0, 0.05) is 0 Å². The van der Waals surface area contributed by atoms with E-state index in [0.29, 0.717) is 6.42 Å². The molecule has 104 valence electrons. The largest absolute Gasteiger partial charge is 0.461 e. The minimum absolute atomic E-state index is 0.115. The van der Waals surface area contributed by atoms with Gasteiger partial charge in [-0.3, -0.25) is 9.59 Å². The second kappa shape index (κ2) is 7.90. The van der Waals surface area contributed by atoms with Crippen molar-refractivity contribution in [1.29, 1.82) is 0 Å². The quantitative estimate of drug-likeness (QED) is 0.399. The van der Waals surface area contributed by atoms with Crippen molar-refractivity contribution in [3.63, 3.8) is 0 Å². The van der Waals surface area contributed by atoms with Crippen LogP contribution in [0.1, 0.15) is 47.0 Å². The molecule has 0 heterocycles. The van der Waals surface area contributed by atoms with Gasteiger partial charge < -0.3 is 9.47 Å². The Balaban J connectivity index is 4.59. The summed E-state index contributed by atoms with van der Waals surface area (Å²) in [6.45, 7) is 10.9. The Labute approximate surface area is 109 Å². The zero-order valence-corrected chi connectivity index (χ0v) is 11.8. The zero-order valence-electron chi connectivity index (χ0n) is 11.8. The number of hydrogen-bond acceptors (Lipinski definition) is 4. The minimum atomic E-state index is -0.830. The van der Waals surface area contributed by atoms with Gasteiger partial charge in [-0.05, 0) is 27.2 Å². The molecular formula is C14H24O4. The molecule has 0 spiro atoms. The molecule has 0 aliphatic heterocycles. The molecule has 0 aromatic carbocycles. The molecule has 0 rings (SSSR count). The first-order valence-electron chi connectivity index (χ1n) is 6.32. The van der Waals surface area contributed by atoms with E-state index < -0.39 is 23.5 Å². The van der Waals surface area contributed by atoms with Gasteiger partial charge in [-0.1, -0.05) is 32.4 Å². The fourth-order valence-electron chi connectivity index (χ4n) is 1.35. The van der Waals surface area contributed by atoms with Crippen molar-refractivity contribution in [3.8, 4) is 0 Å². The Morgan fingerprint density at radius 1 is 1.28 bits per heavy atom. The topological polar surface area (TPSA) is 52.6 Å². The second-order valence-electron chi connectivity index (χ2n) is 5.15. The van der Waals surface area contributed by atoms with Gasteiger partial charge >= 0.3 is 11.9 Å². The highest BCUT2D eigenvalue weighted by atomic mass is 16.6. The summed E-state index contributed by atoms with van der Waals surface area (Å²) in [7, 11) is 0. The van der Waals surface area contributed by atoms with Gasteiger partial charge in [0.2, 0.25) is 0 Å². The summed E-state index contributed by atoms with van der Waals surface area (Å²) in [5.41, 5.74) is -0.597. The molecule has 0 aromatic heterocycles. The maximum absolute atomic E-state index is 11.9. The van der Waals surface area contributed by atoms with Crippen LogP contribution >= 0.6 is 0 Å². The minimum Gasteiger partial charge on any atom is -0.461 e. The predicted octanol–water partition coefficient (Wildman–Crippen LogP) is 2.86.